The van der Waals surface area contributed by atoms with Crippen molar-refractivity contribution in [2.24, 2.45) is 0 Å². The molecule has 2 aromatic rings. The van der Waals surface area contributed by atoms with Gasteiger partial charge in [0.05, 0.1) is 28.8 Å². The smallest absolute Gasteiger partial charge is 0.183 e. The number of ether oxygens (including phenoxy) is 1. The maximum absolute atomic E-state index is 13.5. The number of methoxy groups -OCH3 is 1. The molecule has 2 atom stereocenters. The fourth-order valence-corrected chi connectivity index (χ4v) is 8.38. The van der Waals surface area contributed by atoms with Crippen molar-refractivity contribution < 1.29 is 26.0 Å². The van der Waals surface area contributed by atoms with Gasteiger partial charge < -0.3 is 10.1 Å². The third kappa shape index (κ3) is 4.79. The van der Waals surface area contributed by atoms with Crippen LogP contribution in [-0.2, 0) is 26.1 Å². The van der Waals surface area contributed by atoms with Crippen molar-refractivity contribution in [3.8, 4) is 5.75 Å². The number of hydrogen-bond acceptors (Lipinski definition) is 6. The van der Waals surface area contributed by atoms with Gasteiger partial charge in [-0.15, -0.1) is 0 Å². The normalized spacial score (nSPS) is 21.2. The molecule has 0 aliphatic carbocycles. The second-order valence-corrected chi connectivity index (χ2v) is 11.5. The van der Waals surface area contributed by atoms with Gasteiger partial charge in [0, 0.05) is 6.04 Å². The minimum atomic E-state index is -3.94. The fraction of sp³-hybridized carbons (Fsp3) is 0.400. The quantitative estimate of drug-likeness (QED) is 0.661. The standard InChI is InChI=1S/C20H24FNO5S2/c1-14-11-16(7-8-17(14)21)29(25,26)20-13-28(23,24)12-18(20)22-10-9-15-5-3-4-6-19(15)27-2/h3-8,11,18,20,22H,9-10,12-13H2,1-2H3/t18-,20-/m1/s1. The molecule has 1 aliphatic heterocycles. The van der Waals surface area contributed by atoms with Crippen LogP contribution in [0.15, 0.2) is 47.4 Å². The molecule has 0 bridgehead atoms. The van der Waals surface area contributed by atoms with Crippen molar-refractivity contribution in [2.75, 3.05) is 25.2 Å². The van der Waals surface area contributed by atoms with Gasteiger partial charge in [-0.05, 0) is 55.3 Å². The number of halogens is 1. The maximum Gasteiger partial charge on any atom is 0.183 e. The molecule has 1 fully saturated rings. The van der Waals surface area contributed by atoms with Crippen molar-refractivity contribution in [1.29, 1.82) is 0 Å². The zero-order valence-corrected chi connectivity index (χ0v) is 17.9. The van der Waals surface area contributed by atoms with E-state index in [1.807, 2.05) is 24.3 Å². The van der Waals surface area contributed by atoms with E-state index >= 15 is 0 Å². The number of nitrogens with one attached hydrogen (secondary N) is 1. The molecule has 1 heterocycles. The molecule has 29 heavy (non-hydrogen) atoms. The number of sulfone groups is 2. The summed E-state index contributed by atoms with van der Waals surface area (Å²) < 4.78 is 69.4. The van der Waals surface area contributed by atoms with Gasteiger partial charge in [0.25, 0.3) is 0 Å². The summed E-state index contributed by atoms with van der Waals surface area (Å²) in [5.41, 5.74) is 1.14. The Kier molecular flexibility index (Phi) is 6.30. The minimum Gasteiger partial charge on any atom is -0.496 e. The minimum absolute atomic E-state index is 0.0602. The molecule has 0 saturated carbocycles. The lowest BCUT2D eigenvalue weighted by molar-refractivity contribution is 0.408. The first-order valence-corrected chi connectivity index (χ1v) is 12.6. The lowest BCUT2D eigenvalue weighted by Gasteiger charge is -2.20. The molecule has 9 heteroatoms. The van der Waals surface area contributed by atoms with E-state index in [4.69, 9.17) is 4.74 Å². The number of benzene rings is 2. The monoisotopic (exact) mass is 441 g/mol. The van der Waals surface area contributed by atoms with E-state index in [-0.39, 0.29) is 16.2 Å². The molecule has 0 spiro atoms. The van der Waals surface area contributed by atoms with Crippen LogP contribution in [0.2, 0.25) is 0 Å². The first kappa shape index (κ1) is 21.7. The van der Waals surface area contributed by atoms with Crippen LogP contribution in [0.4, 0.5) is 4.39 Å². The first-order valence-electron chi connectivity index (χ1n) is 9.20. The molecule has 0 aromatic heterocycles. The Balaban J connectivity index is 1.79. The molecular formula is C20H24FNO5S2. The van der Waals surface area contributed by atoms with Crippen LogP contribution in [-0.4, -0.2) is 53.3 Å². The Bertz CT molecular complexity index is 1100. The Labute approximate surface area is 170 Å². The van der Waals surface area contributed by atoms with Crippen molar-refractivity contribution in [1.82, 2.24) is 5.32 Å². The summed E-state index contributed by atoms with van der Waals surface area (Å²) in [6, 6.07) is 10.3. The first-order chi connectivity index (χ1) is 13.6. The third-order valence-corrected chi connectivity index (χ3v) is 9.30. The Morgan fingerprint density at radius 1 is 1.17 bits per heavy atom. The molecule has 3 rings (SSSR count). The van der Waals surface area contributed by atoms with Crippen molar-refractivity contribution in [3.63, 3.8) is 0 Å². The lowest BCUT2D eigenvalue weighted by Crippen LogP contribution is -2.44. The number of rotatable bonds is 7. The van der Waals surface area contributed by atoms with Gasteiger partial charge in [0.2, 0.25) is 0 Å². The number of para-hydroxylation sites is 1. The van der Waals surface area contributed by atoms with Gasteiger partial charge >= 0.3 is 0 Å². The van der Waals surface area contributed by atoms with E-state index in [1.54, 1.807) is 7.11 Å². The van der Waals surface area contributed by atoms with Gasteiger partial charge in [0.1, 0.15) is 11.6 Å². The van der Waals surface area contributed by atoms with Crippen LogP contribution < -0.4 is 10.1 Å². The zero-order chi connectivity index (χ0) is 21.2. The third-order valence-electron chi connectivity index (χ3n) is 5.15. The van der Waals surface area contributed by atoms with Gasteiger partial charge in [-0.3, -0.25) is 0 Å². The van der Waals surface area contributed by atoms with Crippen LogP contribution in [0.3, 0.4) is 0 Å². The van der Waals surface area contributed by atoms with E-state index in [1.165, 1.54) is 19.1 Å². The molecule has 1 saturated heterocycles. The molecule has 1 aliphatic rings. The SMILES string of the molecule is COc1ccccc1CCN[C@@H]1CS(=O)(=O)C[C@H]1S(=O)(=O)c1ccc(F)c(C)c1. The van der Waals surface area contributed by atoms with Crippen LogP contribution in [0.25, 0.3) is 0 Å². The second kappa shape index (κ2) is 8.41. The summed E-state index contributed by atoms with van der Waals surface area (Å²) in [5, 5.41) is 1.99. The number of aryl methyl sites for hydroxylation is 1. The van der Waals surface area contributed by atoms with Gasteiger partial charge in [-0.25, -0.2) is 21.2 Å². The highest BCUT2D eigenvalue weighted by molar-refractivity contribution is 7.96. The highest BCUT2D eigenvalue weighted by Crippen LogP contribution is 2.27. The summed E-state index contributed by atoms with van der Waals surface area (Å²) in [7, 11) is -5.87. The van der Waals surface area contributed by atoms with E-state index in [0.717, 1.165) is 17.4 Å². The van der Waals surface area contributed by atoms with E-state index in [2.05, 4.69) is 5.32 Å². The number of hydrogen-bond donors (Lipinski definition) is 1. The van der Waals surface area contributed by atoms with Gasteiger partial charge in [0.15, 0.2) is 19.7 Å². The summed E-state index contributed by atoms with van der Waals surface area (Å²) in [4.78, 5) is -0.0602. The van der Waals surface area contributed by atoms with E-state index in [9.17, 15) is 21.2 Å². The molecule has 158 valence electrons. The molecule has 0 amide bonds. The molecule has 0 radical (unpaired) electrons. The maximum atomic E-state index is 13.5. The molecule has 6 nitrogen and oxygen atoms in total. The van der Waals surface area contributed by atoms with Gasteiger partial charge in [-0.2, -0.15) is 0 Å². The highest BCUT2D eigenvalue weighted by Gasteiger charge is 2.45. The second-order valence-electron chi connectivity index (χ2n) is 7.19. The van der Waals surface area contributed by atoms with Crippen LogP contribution >= 0.6 is 0 Å². The fourth-order valence-electron chi connectivity index (χ4n) is 3.58. The lowest BCUT2D eigenvalue weighted by atomic mass is 10.1. The molecule has 0 unspecified atom stereocenters. The Morgan fingerprint density at radius 2 is 1.90 bits per heavy atom. The Morgan fingerprint density at radius 3 is 2.59 bits per heavy atom. The van der Waals surface area contributed by atoms with Crippen LogP contribution in [0.1, 0.15) is 11.1 Å². The van der Waals surface area contributed by atoms with E-state index < -0.39 is 42.5 Å². The van der Waals surface area contributed by atoms with E-state index in [0.29, 0.717) is 13.0 Å². The molecule has 2 aromatic carbocycles. The molecule has 1 N–H and O–H groups in total. The summed E-state index contributed by atoms with van der Waals surface area (Å²) in [5.74, 6) is -0.477. The van der Waals surface area contributed by atoms with Crippen molar-refractivity contribution in [3.05, 3.63) is 59.4 Å². The predicted molar refractivity (Wildman–Crippen MR) is 109 cm³/mol. The Hall–Kier alpha value is -1.97. The summed E-state index contributed by atoms with van der Waals surface area (Å²) in [6.07, 6.45) is 0.559. The summed E-state index contributed by atoms with van der Waals surface area (Å²) in [6.45, 7) is 1.87. The van der Waals surface area contributed by atoms with Crippen molar-refractivity contribution in [2.45, 2.75) is 29.5 Å². The summed E-state index contributed by atoms with van der Waals surface area (Å²) >= 11 is 0. The highest BCUT2D eigenvalue weighted by atomic mass is 32.2. The average molecular weight is 442 g/mol. The van der Waals surface area contributed by atoms with Gasteiger partial charge in [-0.1, -0.05) is 18.2 Å². The topological polar surface area (TPSA) is 89.5 Å². The van der Waals surface area contributed by atoms with Crippen molar-refractivity contribution >= 4 is 19.7 Å². The van der Waals surface area contributed by atoms with Crippen LogP contribution in [0.5, 0.6) is 5.75 Å². The predicted octanol–water partition coefficient (Wildman–Crippen LogP) is 1.91. The largest absolute Gasteiger partial charge is 0.496 e. The molecular weight excluding hydrogens is 417 g/mol. The zero-order valence-electron chi connectivity index (χ0n) is 16.3. The van der Waals surface area contributed by atoms with Crippen LogP contribution in [0, 0.1) is 12.7 Å². The average Bonchev–Trinajstić information content (AvgIpc) is 2.99.